The lowest BCUT2D eigenvalue weighted by molar-refractivity contribution is -0.123. The molecule has 0 spiro atoms. The summed E-state index contributed by atoms with van der Waals surface area (Å²) < 4.78 is 6.35. The Hall–Kier alpha value is -2.11. The first-order chi connectivity index (χ1) is 12.5. The van der Waals surface area contributed by atoms with Gasteiger partial charge in [0.2, 0.25) is 0 Å². The molecule has 2 aromatic carbocycles. The minimum Gasteiger partial charge on any atom is -0.490 e. The van der Waals surface area contributed by atoms with Crippen molar-refractivity contribution in [2.75, 3.05) is 0 Å². The standard InChI is InChI=1S/C21H19NO2S2/c1-13-10-17-11-15(8-9-18(17)24-13)12-19-20(23)22(21(25)26-19)14(2)16-6-4-3-5-7-16/h3-9,11-14H,10H2,1-2H3/b19-12-/t13-,14+/m0/s1. The number of rotatable bonds is 3. The highest BCUT2D eigenvalue weighted by molar-refractivity contribution is 8.26. The van der Waals surface area contributed by atoms with Crippen LogP contribution in [0.5, 0.6) is 5.75 Å². The van der Waals surface area contributed by atoms with E-state index >= 15 is 0 Å². The van der Waals surface area contributed by atoms with E-state index in [0.29, 0.717) is 9.23 Å². The van der Waals surface area contributed by atoms with Gasteiger partial charge in [-0.1, -0.05) is 60.4 Å². The van der Waals surface area contributed by atoms with Crippen LogP contribution in [-0.2, 0) is 11.2 Å². The second-order valence-corrected chi connectivity index (χ2v) is 8.31. The fourth-order valence-corrected chi connectivity index (χ4v) is 4.80. The molecule has 1 amide bonds. The van der Waals surface area contributed by atoms with Crippen molar-refractivity contribution in [1.29, 1.82) is 0 Å². The maximum Gasteiger partial charge on any atom is 0.266 e. The molecule has 0 unspecified atom stereocenters. The average Bonchev–Trinajstić information content (AvgIpc) is 3.13. The van der Waals surface area contributed by atoms with Crippen LogP contribution in [0.15, 0.2) is 53.4 Å². The second kappa shape index (κ2) is 6.89. The lowest BCUT2D eigenvalue weighted by atomic mass is 10.1. The quantitative estimate of drug-likeness (QED) is 0.554. The summed E-state index contributed by atoms with van der Waals surface area (Å²) in [4.78, 5) is 15.3. The molecule has 1 fully saturated rings. The number of fused-ring (bicyclic) bond motifs is 1. The fourth-order valence-electron chi connectivity index (χ4n) is 3.38. The number of carbonyl (C=O) groups excluding carboxylic acids is 1. The SMILES string of the molecule is C[C@H](c1ccccc1)N1C(=O)/C(=C/c2ccc3c(c2)C[C@H](C)O3)SC1=S. The summed E-state index contributed by atoms with van der Waals surface area (Å²) in [7, 11) is 0. The third kappa shape index (κ3) is 3.17. The topological polar surface area (TPSA) is 29.5 Å². The lowest BCUT2D eigenvalue weighted by Gasteiger charge is -2.23. The molecule has 0 aliphatic carbocycles. The molecule has 0 aromatic heterocycles. The molecule has 2 aliphatic rings. The van der Waals surface area contributed by atoms with Crippen molar-refractivity contribution >= 4 is 40.3 Å². The molecule has 2 aliphatic heterocycles. The molecule has 4 rings (SSSR count). The summed E-state index contributed by atoms with van der Waals surface area (Å²) in [5.41, 5.74) is 3.28. The van der Waals surface area contributed by atoms with Crippen LogP contribution < -0.4 is 4.74 Å². The summed E-state index contributed by atoms with van der Waals surface area (Å²) in [6.07, 6.45) is 3.05. The predicted molar refractivity (Wildman–Crippen MR) is 110 cm³/mol. The first-order valence-electron chi connectivity index (χ1n) is 8.64. The third-order valence-corrected chi connectivity index (χ3v) is 6.04. The number of benzene rings is 2. The van der Waals surface area contributed by atoms with Crippen LogP contribution in [0.25, 0.3) is 6.08 Å². The van der Waals surface area contributed by atoms with Gasteiger partial charge in [-0.15, -0.1) is 0 Å². The summed E-state index contributed by atoms with van der Waals surface area (Å²) in [6.45, 7) is 4.08. The molecule has 0 bridgehead atoms. The molecule has 0 radical (unpaired) electrons. The van der Waals surface area contributed by atoms with Gasteiger partial charge in [-0.25, -0.2) is 0 Å². The van der Waals surface area contributed by atoms with Crippen molar-refractivity contribution in [3.8, 4) is 5.75 Å². The van der Waals surface area contributed by atoms with Gasteiger partial charge in [0.25, 0.3) is 5.91 Å². The number of ether oxygens (including phenoxy) is 1. The van der Waals surface area contributed by atoms with E-state index in [-0.39, 0.29) is 18.1 Å². The van der Waals surface area contributed by atoms with E-state index < -0.39 is 0 Å². The Bertz CT molecular complexity index is 907. The van der Waals surface area contributed by atoms with Crippen LogP contribution in [0.3, 0.4) is 0 Å². The Morgan fingerprint density at radius 3 is 2.81 bits per heavy atom. The lowest BCUT2D eigenvalue weighted by Crippen LogP contribution is -2.30. The maximum absolute atomic E-state index is 12.9. The van der Waals surface area contributed by atoms with Crippen molar-refractivity contribution in [1.82, 2.24) is 4.90 Å². The Morgan fingerprint density at radius 2 is 2.04 bits per heavy atom. The van der Waals surface area contributed by atoms with Gasteiger partial charge in [-0.3, -0.25) is 9.69 Å². The van der Waals surface area contributed by atoms with Crippen molar-refractivity contribution < 1.29 is 9.53 Å². The van der Waals surface area contributed by atoms with Gasteiger partial charge < -0.3 is 4.74 Å². The first kappa shape index (κ1) is 17.3. The first-order valence-corrected chi connectivity index (χ1v) is 9.87. The molecule has 5 heteroatoms. The van der Waals surface area contributed by atoms with Crippen molar-refractivity contribution in [3.63, 3.8) is 0 Å². The van der Waals surface area contributed by atoms with Gasteiger partial charge in [0, 0.05) is 6.42 Å². The zero-order chi connectivity index (χ0) is 18.3. The zero-order valence-electron chi connectivity index (χ0n) is 14.6. The maximum atomic E-state index is 12.9. The van der Waals surface area contributed by atoms with Crippen LogP contribution in [0.1, 0.15) is 36.6 Å². The van der Waals surface area contributed by atoms with E-state index in [1.54, 1.807) is 4.90 Å². The average molecular weight is 382 g/mol. The van der Waals surface area contributed by atoms with E-state index in [1.807, 2.05) is 55.5 Å². The summed E-state index contributed by atoms with van der Waals surface area (Å²) in [5, 5.41) is 0. The molecule has 2 aromatic rings. The Balaban J connectivity index is 1.59. The molecule has 3 nitrogen and oxygen atoms in total. The van der Waals surface area contributed by atoms with Gasteiger partial charge in [-0.2, -0.15) is 0 Å². The largest absolute Gasteiger partial charge is 0.490 e. The second-order valence-electron chi connectivity index (χ2n) is 6.64. The van der Waals surface area contributed by atoms with Gasteiger partial charge in [0.1, 0.15) is 16.2 Å². The van der Waals surface area contributed by atoms with E-state index in [2.05, 4.69) is 13.0 Å². The molecule has 26 heavy (non-hydrogen) atoms. The van der Waals surface area contributed by atoms with Crippen LogP contribution in [0, 0.1) is 0 Å². The number of thiocarbonyl (C=S) groups is 1. The minimum absolute atomic E-state index is 0.0264. The smallest absolute Gasteiger partial charge is 0.266 e. The highest BCUT2D eigenvalue weighted by Crippen LogP contribution is 2.38. The van der Waals surface area contributed by atoms with Crippen LogP contribution in [-0.4, -0.2) is 21.2 Å². The summed E-state index contributed by atoms with van der Waals surface area (Å²) in [6, 6.07) is 16.0. The summed E-state index contributed by atoms with van der Waals surface area (Å²) >= 11 is 6.86. The zero-order valence-corrected chi connectivity index (χ0v) is 16.3. The predicted octanol–water partition coefficient (Wildman–Crippen LogP) is 4.97. The van der Waals surface area contributed by atoms with Gasteiger partial charge in [-0.05, 0) is 48.7 Å². The van der Waals surface area contributed by atoms with Crippen LogP contribution in [0.2, 0.25) is 0 Å². The van der Waals surface area contributed by atoms with Gasteiger partial charge in [0.05, 0.1) is 10.9 Å². The molecule has 1 saturated heterocycles. The third-order valence-electron chi connectivity index (χ3n) is 4.71. The van der Waals surface area contributed by atoms with Gasteiger partial charge >= 0.3 is 0 Å². The highest BCUT2D eigenvalue weighted by Gasteiger charge is 2.36. The number of carbonyl (C=O) groups is 1. The van der Waals surface area contributed by atoms with E-state index in [9.17, 15) is 4.79 Å². The fraction of sp³-hybridized carbons (Fsp3) is 0.238. The van der Waals surface area contributed by atoms with Crippen molar-refractivity contribution in [2.24, 2.45) is 0 Å². The van der Waals surface area contributed by atoms with Crippen molar-refractivity contribution in [3.05, 3.63) is 70.1 Å². The molecular formula is C21H19NO2S2. The van der Waals surface area contributed by atoms with Crippen LogP contribution in [0.4, 0.5) is 0 Å². The molecule has 0 N–H and O–H groups in total. The molecule has 2 atom stereocenters. The van der Waals surface area contributed by atoms with Crippen molar-refractivity contribution in [2.45, 2.75) is 32.4 Å². The normalized spacial score (nSPS) is 21.8. The Morgan fingerprint density at radius 1 is 1.27 bits per heavy atom. The Kier molecular flexibility index (Phi) is 4.59. The summed E-state index contributed by atoms with van der Waals surface area (Å²) in [5.74, 6) is 0.918. The molecule has 2 heterocycles. The van der Waals surface area contributed by atoms with E-state index in [4.69, 9.17) is 17.0 Å². The van der Waals surface area contributed by atoms with Crippen LogP contribution >= 0.6 is 24.0 Å². The number of amides is 1. The molecular weight excluding hydrogens is 362 g/mol. The van der Waals surface area contributed by atoms with E-state index in [0.717, 1.165) is 23.3 Å². The highest BCUT2D eigenvalue weighted by atomic mass is 32.2. The molecule has 0 saturated carbocycles. The number of thioether (sulfide) groups is 1. The number of hydrogen-bond donors (Lipinski definition) is 0. The van der Waals surface area contributed by atoms with Gasteiger partial charge in [0.15, 0.2) is 0 Å². The number of nitrogens with zero attached hydrogens (tertiary/aromatic N) is 1. The monoisotopic (exact) mass is 381 g/mol. The molecule has 132 valence electrons. The minimum atomic E-state index is -0.0797. The Labute approximate surface area is 163 Å². The van der Waals surface area contributed by atoms with E-state index in [1.165, 1.54) is 17.3 Å². The number of hydrogen-bond acceptors (Lipinski definition) is 4.